The van der Waals surface area contributed by atoms with Crippen molar-refractivity contribution >= 4 is 39.5 Å². The minimum Gasteiger partial charge on any atom is -0.462 e. The zero-order valence-corrected chi connectivity index (χ0v) is 64.8. The van der Waals surface area contributed by atoms with Crippen molar-refractivity contribution in [2.75, 3.05) is 39.6 Å². The number of esters is 4. The summed E-state index contributed by atoms with van der Waals surface area (Å²) in [5, 5.41) is 10.6. The molecule has 2 unspecified atom stereocenters. The third kappa shape index (κ3) is 72.2. The second-order valence-corrected chi connectivity index (χ2v) is 31.0. The van der Waals surface area contributed by atoms with Gasteiger partial charge < -0.3 is 33.8 Å². The Kier molecular flexibility index (Phi) is 71.0. The largest absolute Gasteiger partial charge is 0.472 e. The summed E-state index contributed by atoms with van der Waals surface area (Å²) in [4.78, 5) is 72.9. The van der Waals surface area contributed by atoms with Gasteiger partial charge in [-0.2, -0.15) is 0 Å². The van der Waals surface area contributed by atoms with Crippen LogP contribution in [-0.2, 0) is 65.4 Å². The van der Waals surface area contributed by atoms with Crippen LogP contribution in [0.4, 0.5) is 0 Å². The van der Waals surface area contributed by atoms with E-state index in [2.05, 4.69) is 27.7 Å². The van der Waals surface area contributed by atoms with Gasteiger partial charge in [0.1, 0.15) is 19.3 Å². The number of carbonyl (C=O) groups excluding carboxylic acids is 4. The summed E-state index contributed by atoms with van der Waals surface area (Å²) in [6.07, 6.45) is 63.6. The first-order valence-electron chi connectivity index (χ1n) is 40.8. The molecule has 19 heteroatoms. The Bertz CT molecular complexity index is 1840. The first-order valence-corrected chi connectivity index (χ1v) is 43.8. The number of carbonyl (C=O) groups is 4. The summed E-state index contributed by atoms with van der Waals surface area (Å²) >= 11 is 0. The fourth-order valence-corrected chi connectivity index (χ4v) is 13.7. The van der Waals surface area contributed by atoms with E-state index < -0.39 is 97.5 Å². The van der Waals surface area contributed by atoms with Gasteiger partial charge in [-0.1, -0.05) is 368 Å². The van der Waals surface area contributed by atoms with E-state index in [0.717, 1.165) is 89.9 Å². The van der Waals surface area contributed by atoms with Crippen LogP contribution in [0, 0.1) is 0 Å². The van der Waals surface area contributed by atoms with Crippen molar-refractivity contribution in [2.24, 2.45) is 0 Å². The molecule has 576 valence electrons. The van der Waals surface area contributed by atoms with Crippen molar-refractivity contribution in [1.82, 2.24) is 0 Å². The molecule has 0 saturated carbocycles. The molecule has 5 atom stereocenters. The first-order chi connectivity index (χ1) is 47.2. The minimum absolute atomic E-state index is 0.109. The predicted octanol–water partition coefficient (Wildman–Crippen LogP) is 23.4. The molecule has 0 rings (SSSR count). The van der Waals surface area contributed by atoms with Crippen LogP contribution in [0.15, 0.2) is 0 Å². The molecule has 0 saturated heterocycles. The van der Waals surface area contributed by atoms with Crippen molar-refractivity contribution in [3.63, 3.8) is 0 Å². The average Bonchev–Trinajstić information content (AvgIpc) is 1.48. The summed E-state index contributed by atoms with van der Waals surface area (Å²) in [5.41, 5.74) is 0. The van der Waals surface area contributed by atoms with Crippen LogP contribution in [0.3, 0.4) is 0 Å². The zero-order chi connectivity index (χ0) is 71.1. The highest BCUT2D eigenvalue weighted by atomic mass is 31.2. The topological polar surface area (TPSA) is 237 Å². The summed E-state index contributed by atoms with van der Waals surface area (Å²) in [6, 6.07) is 0. The minimum atomic E-state index is -4.96. The van der Waals surface area contributed by atoms with Crippen LogP contribution in [0.2, 0.25) is 0 Å². The number of phosphoric ester groups is 2. The van der Waals surface area contributed by atoms with E-state index in [0.29, 0.717) is 25.7 Å². The van der Waals surface area contributed by atoms with Crippen LogP contribution >= 0.6 is 15.6 Å². The molecule has 0 aliphatic carbocycles. The fourth-order valence-electron chi connectivity index (χ4n) is 12.1. The third-order valence-electron chi connectivity index (χ3n) is 18.4. The van der Waals surface area contributed by atoms with Gasteiger partial charge in [0.15, 0.2) is 12.2 Å². The molecular weight excluding hydrogens is 1270 g/mol. The molecular formula is C78H152O17P2. The third-order valence-corrected chi connectivity index (χ3v) is 20.3. The molecule has 97 heavy (non-hydrogen) atoms. The predicted molar refractivity (Wildman–Crippen MR) is 395 cm³/mol. The van der Waals surface area contributed by atoms with Gasteiger partial charge in [-0.3, -0.25) is 37.3 Å². The molecule has 0 aromatic heterocycles. The van der Waals surface area contributed by atoms with Crippen LogP contribution in [-0.4, -0.2) is 96.7 Å². The molecule has 0 fully saturated rings. The van der Waals surface area contributed by atoms with E-state index in [4.69, 9.17) is 37.0 Å². The second-order valence-electron chi connectivity index (χ2n) is 28.1. The van der Waals surface area contributed by atoms with Crippen LogP contribution < -0.4 is 0 Å². The van der Waals surface area contributed by atoms with Crippen molar-refractivity contribution in [3.05, 3.63) is 0 Å². The Hall–Kier alpha value is -1.94. The van der Waals surface area contributed by atoms with Crippen molar-refractivity contribution in [3.8, 4) is 0 Å². The Morgan fingerprint density at radius 3 is 0.608 bits per heavy atom. The molecule has 0 aliphatic rings. The maximum atomic E-state index is 13.1. The average molecular weight is 1420 g/mol. The Labute approximate surface area is 594 Å². The van der Waals surface area contributed by atoms with Gasteiger partial charge in [-0.25, -0.2) is 9.13 Å². The molecule has 0 aromatic rings. The van der Waals surface area contributed by atoms with Gasteiger partial charge in [0.2, 0.25) is 0 Å². The molecule has 3 N–H and O–H groups in total. The van der Waals surface area contributed by atoms with E-state index >= 15 is 0 Å². The Balaban J connectivity index is 5.24. The molecule has 17 nitrogen and oxygen atoms in total. The SMILES string of the molecule is CCCCCCCCCCCCCCCCCCCC(=O)O[C@H](COC(=O)CCCCCCCCCCCCCCCCC)COP(=O)(O)OC[C@@H](O)COP(=O)(O)OC[C@@H](COC(=O)CCCCCCCCCCCC)OC(=O)CCCCCCCCCCCCCCCCC. The number of rotatable bonds is 79. The smallest absolute Gasteiger partial charge is 0.462 e. The van der Waals surface area contributed by atoms with Gasteiger partial charge >= 0.3 is 39.5 Å². The van der Waals surface area contributed by atoms with E-state index in [9.17, 15) is 43.2 Å². The number of unbranched alkanes of at least 4 members (excludes halogenated alkanes) is 53. The number of phosphoric acid groups is 2. The molecule has 0 heterocycles. The van der Waals surface area contributed by atoms with Crippen LogP contribution in [0.1, 0.15) is 419 Å². The van der Waals surface area contributed by atoms with Crippen LogP contribution in [0.25, 0.3) is 0 Å². The molecule has 0 aromatic carbocycles. The lowest BCUT2D eigenvalue weighted by molar-refractivity contribution is -0.161. The number of aliphatic hydroxyl groups is 1. The summed E-state index contributed by atoms with van der Waals surface area (Å²) in [5.74, 6) is -2.11. The van der Waals surface area contributed by atoms with E-state index in [1.54, 1.807) is 0 Å². The normalized spacial score (nSPS) is 13.8. The van der Waals surface area contributed by atoms with Crippen molar-refractivity contribution in [2.45, 2.75) is 438 Å². The number of ether oxygens (including phenoxy) is 4. The van der Waals surface area contributed by atoms with Gasteiger partial charge in [-0.15, -0.1) is 0 Å². The fraction of sp³-hybridized carbons (Fsp3) is 0.949. The van der Waals surface area contributed by atoms with Gasteiger partial charge in [0, 0.05) is 25.7 Å². The maximum Gasteiger partial charge on any atom is 0.472 e. The number of hydrogen-bond acceptors (Lipinski definition) is 15. The first kappa shape index (κ1) is 95.1. The van der Waals surface area contributed by atoms with Crippen molar-refractivity contribution < 1.29 is 80.2 Å². The maximum absolute atomic E-state index is 13.1. The highest BCUT2D eigenvalue weighted by Gasteiger charge is 2.30. The highest BCUT2D eigenvalue weighted by Crippen LogP contribution is 2.45. The van der Waals surface area contributed by atoms with Gasteiger partial charge in [0.25, 0.3) is 0 Å². The Morgan fingerprint density at radius 2 is 0.412 bits per heavy atom. The van der Waals surface area contributed by atoms with Crippen molar-refractivity contribution in [1.29, 1.82) is 0 Å². The lowest BCUT2D eigenvalue weighted by Crippen LogP contribution is -2.30. The van der Waals surface area contributed by atoms with E-state index in [1.807, 2.05) is 0 Å². The zero-order valence-electron chi connectivity index (χ0n) is 63.1. The Morgan fingerprint density at radius 1 is 0.247 bits per heavy atom. The lowest BCUT2D eigenvalue weighted by Gasteiger charge is -2.21. The standard InChI is InChI=1S/C78H152O17P2/c1-5-9-13-17-21-25-29-32-35-36-39-42-45-49-53-57-61-65-78(83)95-74(69-89-76(81)63-59-55-51-47-43-40-37-33-30-26-22-18-14-10-6-2)71-93-97(86,87)91-67-72(79)66-90-96(84,85)92-70-73(68-88-75(80)62-58-54-50-46-28-24-20-16-12-8-4)94-77(82)64-60-56-52-48-44-41-38-34-31-27-23-19-15-11-7-3/h72-74,79H,5-71H2,1-4H3,(H,84,85)(H,86,87)/t72-,73+,74+/m0/s1. The summed E-state index contributed by atoms with van der Waals surface area (Å²) in [6.45, 7) is 5.01. The summed E-state index contributed by atoms with van der Waals surface area (Å²) in [7, 11) is -9.91. The van der Waals surface area contributed by atoms with Gasteiger partial charge in [-0.05, 0) is 25.7 Å². The van der Waals surface area contributed by atoms with Gasteiger partial charge in [0.05, 0.1) is 26.4 Å². The lowest BCUT2D eigenvalue weighted by atomic mass is 10.0. The molecule has 0 spiro atoms. The summed E-state index contributed by atoms with van der Waals surface area (Å²) < 4.78 is 68.6. The van der Waals surface area contributed by atoms with E-state index in [-0.39, 0.29) is 25.7 Å². The number of hydrogen-bond donors (Lipinski definition) is 3. The molecule has 0 bridgehead atoms. The monoisotopic (exact) mass is 1420 g/mol. The molecule has 0 aliphatic heterocycles. The molecule has 0 amide bonds. The second kappa shape index (κ2) is 72.4. The number of aliphatic hydroxyl groups excluding tert-OH is 1. The van der Waals surface area contributed by atoms with E-state index in [1.165, 1.54) is 250 Å². The van der Waals surface area contributed by atoms with Crippen LogP contribution in [0.5, 0.6) is 0 Å². The quantitative estimate of drug-likeness (QED) is 0.0222. The highest BCUT2D eigenvalue weighted by molar-refractivity contribution is 7.47. The molecule has 0 radical (unpaired) electrons.